The number of alkyl carbamates (subject to hydrolysis) is 1. The van der Waals surface area contributed by atoms with Crippen molar-refractivity contribution in [2.45, 2.75) is 74.1 Å². The largest absolute Gasteiger partial charge is 0.491 e. The van der Waals surface area contributed by atoms with Crippen molar-refractivity contribution < 1.29 is 47.2 Å². The maximum atomic E-state index is 13.9. The number of sulfonamides is 1. The fraction of sp³-hybridized carbons (Fsp3) is 0.567. The van der Waals surface area contributed by atoms with E-state index < -0.39 is 40.9 Å². The third-order valence-corrected chi connectivity index (χ3v) is 9.57. The molecule has 2 saturated heterocycles. The lowest BCUT2D eigenvalue weighted by molar-refractivity contribution is -0.145. The predicted octanol–water partition coefficient (Wildman–Crippen LogP) is 2.38. The number of fused-ring (bicyclic) bond motifs is 1. The molecule has 5 rings (SSSR count). The standard InChI is InChI=1S/C30H40N2O10S/c33-14-16-38-23-11-6-12-24(18-23)43(36,37)32(42-22-9-4-5-10-22)19-27(34)26(17-21-7-2-1-3-8-21)31-30(35)41-28-20-40-29-25(28)13-15-39-29/h1-3,6-8,11-12,18,22,25-29,33-34H,4-5,9-10,13-17,19-20H2,(H,31,35)/t25-,26-,27-,28-,29+/m0/s1. The molecule has 0 spiro atoms. The van der Waals surface area contributed by atoms with Crippen molar-refractivity contribution in [3.8, 4) is 5.75 Å². The van der Waals surface area contributed by atoms with Crippen LogP contribution in [-0.2, 0) is 35.5 Å². The first-order valence-electron chi connectivity index (χ1n) is 14.8. The first-order valence-corrected chi connectivity index (χ1v) is 16.2. The van der Waals surface area contributed by atoms with Gasteiger partial charge in [-0.2, -0.15) is 0 Å². The van der Waals surface area contributed by atoms with Crippen LogP contribution >= 0.6 is 0 Å². The van der Waals surface area contributed by atoms with Crippen LogP contribution in [0, 0.1) is 5.92 Å². The third kappa shape index (κ3) is 8.24. The van der Waals surface area contributed by atoms with E-state index in [1.165, 1.54) is 18.2 Å². The fourth-order valence-corrected chi connectivity index (χ4v) is 7.00. The van der Waals surface area contributed by atoms with Crippen LogP contribution in [0.3, 0.4) is 0 Å². The highest BCUT2D eigenvalue weighted by Crippen LogP contribution is 2.33. The summed E-state index contributed by atoms with van der Waals surface area (Å²) < 4.78 is 50.7. The van der Waals surface area contributed by atoms with E-state index in [0.717, 1.165) is 29.3 Å². The SMILES string of the molecule is O=C(N[C@@H](Cc1ccccc1)[C@@H](O)CN(OC1CCCC1)S(=O)(=O)c1cccc(OCCO)c1)O[C@H]1CO[C@H]2OCC[C@H]21. The predicted molar refractivity (Wildman–Crippen MR) is 153 cm³/mol. The molecule has 0 unspecified atom stereocenters. The number of aliphatic hydroxyl groups excluding tert-OH is 2. The first kappa shape index (κ1) is 31.6. The Morgan fingerprint density at radius 2 is 1.86 bits per heavy atom. The number of aliphatic hydroxyl groups is 2. The van der Waals surface area contributed by atoms with Gasteiger partial charge in [-0.25, -0.2) is 13.2 Å². The average molecular weight is 621 g/mol. The van der Waals surface area contributed by atoms with Gasteiger partial charge in [-0.15, -0.1) is 0 Å². The minimum absolute atomic E-state index is 0.00878. The topological polar surface area (TPSA) is 153 Å². The van der Waals surface area contributed by atoms with Crippen molar-refractivity contribution in [2.75, 3.05) is 33.0 Å². The van der Waals surface area contributed by atoms with Gasteiger partial charge in [0.1, 0.15) is 18.5 Å². The molecule has 43 heavy (non-hydrogen) atoms. The van der Waals surface area contributed by atoms with Gasteiger partial charge in [-0.1, -0.05) is 53.7 Å². The van der Waals surface area contributed by atoms with Crippen LogP contribution in [0.4, 0.5) is 4.79 Å². The molecule has 2 heterocycles. The second-order valence-corrected chi connectivity index (χ2v) is 12.9. The number of rotatable bonds is 14. The van der Waals surface area contributed by atoms with E-state index in [9.17, 15) is 18.3 Å². The van der Waals surface area contributed by atoms with Gasteiger partial charge in [-0.05, 0) is 43.4 Å². The zero-order valence-corrected chi connectivity index (χ0v) is 24.8. The third-order valence-electron chi connectivity index (χ3n) is 7.95. The van der Waals surface area contributed by atoms with Crippen LogP contribution in [0.2, 0.25) is 0 Å². The van der Waals surface area contributed by atoms with E-state index in [2.05, 4.69) is 5.32 Å². The number of hydrogen-bond donors (Lipinski definition) is 3. The summed E-state index contributed by atoms with van der Waals surface area (Å²) in [7, 11) is -4.26. The van der Waals surface area contributed by atoms with Crippen LogP contribution in [0.5, 0.6) is 5.75 Å². The van der Waals surface area contributed by atoms with E-state index in [1.54, 1.807) is 6.07 Å². The van der Waals surface area contributed by atoms with Crippen LogP contribution in [0.25, 0.3) is 0 Å². The summed E-state index contributed by atoms with van der Waals surface area (Å²) in [6, 6.07) is 14.3. The van der Waals surface area contributed by atoms with Gasteiger partial charge in [0, 0.05) is 6.07 Å². The number of nitrogens with zero attached hydrogens (tertiary/aromatic N) is 1. The van der Waals surface area contributed by atoms with Crippen molar-refractivity contribution >= 4 is 16.1 Å². The molecule has 2 aliphatic heterocycles. The highest BCUT2D eigenvalue weighted by atomic mass is 32.2. The molecule has 13 heteroatoms. The van der Waals surface area contributed by atoms with Crippen LogP contribution in [0.1, 0.15) is 37.7 Å². The lowest BCUT2D eigenvalue weighted by Crippen LogP contribution is -2.51. The van der Waals surface area contributed by atoms with Crippen LogP contribution in [-0.4, -0.2) is 92.8 Å². The summed E-state index contributed by atoms with van der Waals surface area (Å²) in [5, 5.41) is 23.4. The Morgan fingerprint density at radius 3 is 2.63 bits per heavy atom. The van der Waals surface area contributed by atoms with Gasteiger partial charge in [0.15, 0.2) is 6.29 Å². The van der Waals surface area contributed by atoms with Crippen molar-refractivity contribution in [3.05, 3.63) is 60.2 Å². The molecule has 1 amide bonds. The van der Waals surface area contributed by atoms with E-state index >= 15 is 0 Å². The monoisotopic (exact) mass is 620 g/mol. The van der Waals surface area contributed by atoms with Gasteiger partial charge in [0.2, 0.25) is 0 Å². The quantitative estimate of drug-likeness (QED) is 0.268. The average Bonchev–Trinajstić information content (AvgIpc) is 3.77. The summed E-state index contributed by atoms with van der Waals surface area (Å²) in [5.74, 6) is 0.217. The van der Waals surface area contributed by atoms with Crippen LogP contribution in [0.15, 0.2) is 59.5 Å². The molecule has 3 aliphatic rings. The summed E-state index contributed by atoms with van der Waals surface area (Å²) in [6.07, 6.45) is 0.843. The maximum absolute atomic E-state index is 13.9. The first-order chi connectivity index (χ1) is 20.8. The number of benzene rings is 2. The Morgan fingerprint density at radius 1 is 1.07 bits per heavy atom. The smallest absolute Gasteiger partial charge is 0.407 e. The molecule has 5 atom stereocenters. The molecule has 1 aliphatic carbocycles. The molecule has 3 fully saturated rings. The molecule has 0 aromatic heterocycles. The number of nitrogens with one attached hydrogen (secondary N) is 1. The molecular weight excluding hydrogens is 580 g/mol. The summed E-state index contributed by atoms with van der Waals surface area (Å²) in [4.78, 5) is 19.0. The second kappa shape index (κ2) is 14.8. The number of ether oxygens (including phenoxy) is 4. The minimum Gasteiger partial charge on any atom is -0.491 e. The van der Waals surface area contributed by atoms with Crippen molar-refractivity contribution in [3.63, 3.8) is 0 Å². The molecular formula is C30H40N2O10S. The van der Waals surface area contributed by atoms with E-state index in [1.807, 2.05) is 30.3 Å². The molecule has 2 aromatic rings. The van der Waals surface area contributed by atoms with Gasteiger partial charge in [0.05, 0.1) is 55.4 Å². The Kier molecular flexibility index (Phi) is 10.9. The lowest BCUT2D eigenvalue weighted by atomic mass is 10.0. The molecule has 236 valence electrons. The Balaban J connectivity index is 1.34. The highest BCUT2D eigenvalue weighted by molar-refractivity contribution is 7.89. The Hall–Kier alpha value is -2.78. The summed E-state index contributed by atoms with van der Waals surface area (Å²) >= 11 is 0. The van der Waals surface area contributed by atoms with Crippen molar-refractivity contribution in [1.82, 2.24) is 9.79 Å². The van der Waals surface area contributed by atoms with Crippen molar-refractivity contribution in [1.29, 1.82) is 0 Å². The van der Waals surface area contributed by atoms with Crippen LogP contribution < -0.4 is 10.1 Å². The highest BCUT2D eigenvalue weighted by Gasteiger charge is 2.44. The van der Waals surface area contributed by atoms with E-state index in [0.29, 0.717) is 19.4 Å². The van der Waals surface area contributed by atoms with E-state index in [4.69, 9.17) is 28.9 Å². The summed E-state index contributed by atoms with van der Waals surface area (Å²) in [6.45, 7) is 0.101. The van der Waals surface area contributed by atoms with Gasteiger partial charge in [-0.3, -0.25) is 4.84 Å². The molecule has 2 aromatic carbocycles. The normalized spacial score (nSPS) is 23.7. The van der Waals surface area contributed by atoms with Crippen molar-refractivity contribution in [2.24, 2.45) is 5.92 Å². The molecule has 12 nitrogen and oxygen atoms in total. The zero-order valence-electron chi connectivity index (χ0n) is 24.0. The molecule has 0 radical (unpaired) electrons. The van der Waals surface area contributed by atoms with Gasteiger partial charge in [0.25, 0.3) is 10.0 Å². The number of amides is 1. The number of carbonyl (C=O) groups is 1. The second-order valence-electron chi connectivity index (χ2n) is 11.0. The molecule has 3 N–H and O–H groups in total. The fourth-order valence-electron chi connectivity index (χ4n) is 5.67. The number of carbonyl (C=O) groups excluding carboxylic acids is 1. The molecule has 0 bridgehead atoms. The van der Waals surface area contributed by atoms with Gasteiger partial charge < -0.3 is 34.5 Å². The minimum atomic E-state index is -4.26. The zero-order chi connectivity index (χ0) is 30.2. The summed E-state index contributed by atoms with van der Waals surface area (Å²) in [5.41, 5.74) is 0.833. The van der Waals surface area contributed by atoms with Gasteiger partial charge >= 0.3 is 6.09 Å². The lowest BCUT2D eigenvalue weighted by Gasteiger charge is -2.31. The Labute approximate surface area is 251 Å². The molecule has 1 saturated carbocycles. The Bertz CT molecular complexity index is 1290. The maximum Gasteiger partial charge on any atom is 0.407 e. The number of hydrogen-bond acceptors (Lipinski definition) is 10. The van der Waals surface area contributed by atoms with E-state index in [-0.39, 0.29) is 55.2 Å². The number of hydroxylamine groups is 1.